The van der Waals surface area contributed by atoms with Crippen LogP contribution in [0, 0.1) is 12.3 Å². The number of benzene rings is 1. The second kappa shape index (κ2) is 4.81. The second-order valence-electron chi connectivity index (χ2n) is 4.33. The zero-order valence-corrected chi connectivity index (χ0v) is 10.3. The van der Waals surface area contributed by atoms with Gasteiger partial charge in [-0.1, -0.05) is 36.1 Å². The van der Waals surface area contributed by atoms with Gasteiger partial charge in [0.1, 0.15) is 0 Å². The summed E-state index contributed by atoms with van der Waals surface area (Å²) in [7, 11) is 0. The number of carbonyl (C=O) groups is 1. The van der Waals surface area contributed by atoms with E-state index in [0.29, 0.717) is 5.02 Å². The highest BCUT2D eigenvalue weighted by molar-refractivity contribution is 6.30. The van der Waals surface area contributed by atoms with E-state index in [0.717, 1.165) is 24.8 Å². The Bertz CT molecular complexity index is 471. The molecule has 2 rings (SSSR count). The number of amides is 1. The maximum atomic E-state index is 12.2. The lowest BCUT2D eigenvalue weighted by molar-refractivity contribution is -0.129. The van der Waals surface area contributed by atoms with Gasteiger partial charge in [-0.25, -0.2) is 0 Å². The van der Waals surface area contributed by atoms with Crippen molar-refractivity contribution in [3.8, 4) is 12.3 Å². The maximum absolute atomic E-state index is 12.2. The van der Waals surface area contributed by atoms with Crippen molar-refractivity contribution < 1.29 is 4.79 Å². The number of nitrogens with one attached hydrogen (secondary N) is 1. The summed E-state index contributed by atoms with van der Waals surface area (Å²) in [5, 5.41) is 3.44. The van der Waals surface area contributed by atoms with Crippen LogP contribution in [0.1, 0.15) is 24.8 Å². The van der Waals surface area contributed by atoms with E-state index in [4.69, 9.17) is 18.0 Å². The third kappa shape index (κ3) is 2.16. The minimum absolute atomic E-state index is 0.0176. The van der Waals surface area contributed by atoms with E-state index in [1.807, 2.05) is 24.3 Å². The first-order chi connectivity index (χ1) is 8.19. The average molecular weight is 248 g/mol. The number of hydrogen-bond donors (Lipinski definition) is 1. The molecule has 3 heteroatoms. The second-order valence-corrected chi connectivity index (χ2v) is 4.77. The fourth-order valence-electron chi connectivity index (χ4n) is 2.26. The molecular weight excluding hydrogens is 234 g/mol. The van der Waals surface area contributed by atoms with Gasteiger partial charge in [0.05, 0.1) is 12.0 Å². The van der Waals surface area contributed by atoms with E-state index in [2.05, 4.69) is 11.2 Å². The molecule has 2 nitrogen and oxygen atoms in total. The molecule has 1 aromatic rings. The third-order valence-corrected chi connectivity index (χ3v) is 3.61. The number of rotatable bonds is 3. The van der Waals surface area contributed by atoms with Gasteiger partial charge in [0.2, 0.25) is 5.91 Å². The highest BCUT2D eigenvalue weighted by Gasteiger charge is 2.45. The van der Waals surface area contributed by atoms with E-state index in [1.165, 1.54) is 0 Å². The molecule has 0 heterocycles. The monoisotopic (exact) mass is 247 g/mol. The molecule has 0 atom stereocenters. The van der Waals surface area contributed by atoms with Crippen LogP contribution < -0.4 is 5.32 Å². The standard InChI is InChI=1S/C14H14ClNO/c1-2-9-16-13(17)14(7-4-8-14)11-5-3-6-12(15)10-11/h1,3,5-6,10H,4,7-9H2,(H,16,17). The van der Waals surface area contributed by atoms with Gasteiger partial charge < -0.3 is 5.32 Å². The summed E-state index contributed by atoms with van der Waals surface area (Å²) in [6.07, 6.45) is 7.95. The van der Waals surface area contributed by atoms with Gasteiger partial charge in [0.25, 0.3) is 0 Å². The summed E-state index contributed by atoms with van der Waals surface area (Å²) in [5.74, 6) is 2.44. The average Bonchev–Trinajstić information content (AvgIpc) is 2.25. The fraction of sp³-hybridized carbons (Fsp3) is 0.357. The van der Waals surface area contributed by atoms with Crippen LogP contribution in [0.25, 0.3) is 0 Å². The van der Waals surface area contributed by atoms with Crippen molar-refractivity contribution in [3.05, 3.63) is 34.9 Å². The molecule has 0 aliphatic heterocycles. The molecule has 1 fully saturated rings. The first-order valence-corrected chi connectivity index (χ1v) is 6.05. The summed E-state index contributed by atoms with van der Waals surface area (Å²) in [5.41, 5.74) is 0.577. The summed E-state index contributed by atoms with van der Waals surface area (Å²) in [6, 6.07) is 7.53. The Morgan fingerprint density at radius 3 is 2.82 bits per heavy atom. The minimum atomic E-state index is -0.415. The zero-order chi connectivity index (χ0) is 12.3. The Morgan fingerprint density at radius 1 is 1.53 bits per heavy atom. The smallest absolute Gasteiger partial charge is 0.231 e. The molecule has 0 saturated heterocycles. The molecule has 17 heavy (non-hydrogen) atoms. The highest BCUT2D eigenvalue weighted by Crippen LogP contribution is 2.44. The molecule has 1 aliphatic rings. The molecule has 1 saturated carbocycles. The number of terminal acetylenes is 1. The topological polar surface area (TPSA) is 29.1 Å². The van der Waals surface area contributed by atoms with Gasteiger partial charge in [0, 0.05) is 5.02 Å². The lowest BCUT2D eigenvalue weighted by Gasteiger charge is -2.40. The quantitative estimate of drug-likeness (QED) is 0.817. The zero-order valence-electron chi connectivity index (χ0n) is 9.50. The molecule has 0 radical (unpaired) electrons. The van der Waals surface area contributed by atoms with Crippen LogP contribution in [0.3, 0.4) is 0 Å². The Morgan fingerprint density at radius 2 is 2.29 bits per heavy atom. The van der Waals surface area contributed by atoms with Gasteiger partial charge >= 0.3 is 0 Å². The van der Waals surface area contributed by atoms with Crippen LogP contribution in [0.4, 0.5) is 0 Å². The first-order valence-electron chi connectivity index (χ1n) is 5.67. The van der Waals surface area contributed by atoms with E-state index >= 15 is 0 Å². The third-order valence-electron chi connectivity index (χ3n) is 3.37. The SMILES string of the molecule is C#CCNC(=O)C1(c2cccc(Cl)c2)CCC1. The molecule has 88 valence electrons. The molecule has 0 aromatic heterocycles. The molecule has 0 bridgehead atoms. The lowest BCUT2D eigenvalue weighted by Crippen LogP contribution is -2.49. The van der Waals surface area contributed by atoms with Crippen LogP contribution in [0.15, 0.2) is 24.3 Å². The van der Waals surface area contributed by atoms with Crippen molar-refractivity contribution in [3.63, 3.8) is 0 Å². The maximum Gasteiger partial charge on any atom is 0.231 e. The van der Waals surface area contributed by atoms with Crippen molar-refractivity contribution in [1.29, 1.82) is 0 Å². The van der Waals surface area contributed by atoms with Crippen LogP contribution in [-0.4, -0.2) is 12.5 Å². The lowest BCUT2D eigenvalue weighted by atomic mass is 9.64. The number of hydrogen-bond acceptors (Lipinski definition) is 1. The predicted octanol–water partition coefficient (Wildman–Crippen LogP) is 2.51. The first kappa shape index (κ1) is 12.0. The highest BCUT2D eigenvalue weighted by atomic mass is 35.5. The number of halogens is 1. The van der Waals surface area contributed by atoms with E-state index < -0.39 is 5.41 Å². The van der Waals surface area contributed by atoms with Crippen LogP contribution in [0.2, 0.25) is 5.02 Å². The van der Waals surface area contributed by atoms with Gasteiger partial charge in [0.15, 0.2) is 0 Å². The molecule has 0 spiro atoms. The molecule has 0 unspecified atom stereocenters. The Kier molecular flexibility index (Phi) is 3.40. The summed E-state index contributed by atoms with van der Waals surface area (Å²) < 4.78 is 0. The Hall–Kier alpha value is -1.46. The van der Waals surface area contributed by atoms with Crippen molar-refractivity contribution in [1.82, 2.24) is 5.32 Å². The van der Waals surface area contributed by atoms with E-state index in [1.54, 1.807) is 0 Å². The van der Waals surface area contributed by atoms with Crippen molar-refractivity contribution in [2.75, 3.05) is 6.54 Å². The molecule has 1 aromatic carbocycles. The Labute approximate surface area is 106 Å². The molecule has 1 N–H and O–H groups in total. The molecule has 1 aliphatic carbocycles. The minimum Gasteiger partial charge on any atom is -0.344 e. The van der Waals surface area contributed by atoms with Crippen LogP contribution >= 0.6 is 11.6 Å². The van der Waals surface area contributed by atoms with Gasteiger partial charge in [-0.05, 0) is 30.5 Å². The van der Waals surface area contributed by atoms with Gasteiger partial charge in [-0.2, -0.15) is 0 Å². The van der Waals surface area contributed by atoms with Crippen LogP contribution in [-0.2, 0) is 10.2 Å². The summed E-state index contributed by atoms with van der Waals surface area (Å²) in [6.45, 7) is 0.279. The largest absolute Gasteiger partial charge is 0.344 e. The van der Waals surface area contributed by atoms with Gasteiger partial charge in [-0.15, -0.1) is 6.42 Å². The van der Waals surface area contributed by atoms with E-state index in [-0.39, 0.29) is 12.5 Å². The predicted molar refractivity (Wildman–Crippen MR) is 68.8 cm³/mol. The summed E-state index contributed by atoms with van der Waals surface area (Å²) in [4.78, 5) is 12.2. The Balaban J connectivity index is 2.26. The normalized spacial score (nSPS) is 16.7. The molecular formula is C14H14ClNO. The summed E-state index contributed by atoms with van der Waals surface area (Å²) >= 11 is 5.98. The van der Waals surface area contributed by atoms with Crippen LogP contribution in [0.5, 0.6) is 0 Å². The number of carbonyl (C=O) groups excluding carboxylic acids is 1. The van der Waals surface area contributed by atoms with Crippen molar-refractivity contribution in [2.45, 2.75) is 24.7 Å². The van der Waals surface area contributed by atoms with Crippen molar-refractivity contribution >= 4 is 17.5 Å². The molecule has 1 amide bonds. The fourth-order valence-corrected chi connectivity index (χ4v) is 2.45. The van der Waals surface area contributed by atoms with Crippen molar-refractivity contribution in [2.24, 2.45) is 0 Å². The van der Waals surface area contributed by atoms with E-state index in [9.17, 15) is 4.79 Å². The van der Waals surface area contributed by atoms with Gasteiger partial charge in [-0.3, -0.25) is 4.79 Å².